The second-order valence-electron chi connectivity index (χ2n) is 3.86. The van der Waals surface area contributed by atoms with Crippen LogP contribution in [0.1, 0.15) is 25.5 Å². The normalized spacial score (nSPS) is 13.1. The van der Waals surface area contributed by atoms with Crippen molar-refractivity contribution in [1.29, 1.82) is 0 Å². The Balaban J connectivity index is 2.32. The van der Waals surface area contributed by atoms with Crippen LogP contribution in [0.3, 0.4) is 0 Å². The predicted octanol–water partition coefficient (Wildman–Crippen LogP) is 2.39. The topological polar surface area (TPSA) is 29.5 Å². The first-order valence-corrected chi connectivity index (χ1v) is 5.01. The van der Waals surface area contributed by atoms with Gasteiger partial charge in [-0.05, 0) is 11.5 Å². The Bertz CT molecular complexity index is 244. The molecule has 1 rings (SSSR count). The summed E-state index contributed by atoms with van der Waals surface area (Å²) in [4.78, 5) is 0. The van der Waals surface area contributed by atoms with Gasteiger partial charge in [-0.1, -0.05) is 44.2 Å². The van der Waals surface area contributed by atoms with Crippen molar-refractivity contribution in [1.82, 2.24) is 0 Å². The van der Waals surface area contributed by atoms with Crippen LogP contribution in [-0.4, -0.2) is 18.3 Å². The van der Waals surface area contributed by atoms with E-state index in [4.69, 9.17) is 4.74 Å². The Labute approximate surface area is 85.5 Å². The molecule has 78 valence electrons. The first-order chi connectivity index (χ1) is 6.70. The molecule has 0 saturated heterocycles. The Morgan fingerprint density at radius 1 is 1.14 bits per heavy atom. The average molecular weight is 194 g/mol. The molecular weight excluding hydrogens is 176 g/mol. The van der Waals surface area contributed by atoms with Gasteiger partial charge in [0.25, 0.3) is 0 Å². The molecule has 1 aromatic rings. The zero-order valence-electron chi connectivity index (χ0n) is 8.81. The lowest BCUT2D eigenvalue weighted by Crippen LogP contribution is -2.10. The summed E-state index contributed by atoms with van der Waals surface area (Å²) in [5.74, 6) is 0.512. The van der Waals surface area contributed by atoms with E-state index in [2.05, 4.69) is 13.8 Å². The van der Waals surface area contributed by atoms with Gasteiger partial charge in [-0.25, -0.2) is 0 Å². The average Bonchev–Trinajstić information content (AvgIpc) is 2.18. The van der Waals surface area contributed by atoms with E-state index in [0.717, 1.165) is 5.56 Å². The second-order valence-corrected chi connectivity index (χ2v) is 3.86. The van der Waals surface area contributed by atoms with Crippen LogP contribution < -0.4 is 0 Å². The molecule has 0 saturated carbocycles. The summed E-state index contributed by atoms with van der Waals surface area (Å²) in [6.07, 6.45) is -0.505. The van der Waals surface area contributed by atoms with Gasteiger partial charge < -0.3 is 9.84 Å². The van der Waals surface area contributed by atoms with Crippen molar-refractivity contribution in [2.24, 2.45) is 5.92 Å². The van der Waals surface area contributed by atoms with Crippen molar-refractivity contribution in [3.05, 3.63) is 35.9 Å². The van der Waals surface area contributed by atoms with Crippen LogP contribution in [0.4, 0.5) is 0 Å². The molecular formula is C12H18O2. The monoisotopic (exact) mass is 194 g/mol. The summed E-state index contributed by atoms with van der Waals surface area (Å²) < 4.78 is 5.36. The Kier molecular flexibility index (Phi) is 4.63. The third kappa shape index (κ3) is 3.90. The molecule has 0 spiro atoms. The summed E-state index contributed by atoms with van der Waals surface area (Å²) >= 11 is 0. The molecule has 1 unspecified atom stereocenters. The predicted molar refractivity (Wildman–Crippen MR) is 57.1 cm³/mol. The van der Waals surface area contributed by atoms with Gasteiger partial charge in [-0.2, -0.15) is 0 Å². The van der Waals surface area contributed by atoms with Gasteiger partial charge in [-0.15, -0.1) is 0 Å². The summed E-state index contributed by atoms with van der Waals surface area (Å²) in [5, 5.41) is 9.71. The quantitative estimate of drug-likeness (QED) is 0.780. The van der Waals surface area contributed by atoms with E-state index in [0.29, 0.717) is 19.1 Å². The van der Waals surface area contributed by atoms with Crippen LogP contribution >= 0.6 is 0 Å². The SMILES string of the molecule is CC(C)COCC(O)c1ccccc1. The minimum absolute atomic E-state index is 0.377. The van der Waals surface area contributed by atoms with Crippen molar-refractivity contribution < 1.29 is 9.84 Å². The fraction of sp³-hybridized carbons (Fsp3) is 0.500. The standard InChI is InChI=1S/C12H18O2/c1-10(2)8-14-9-12(13)11-6-4-3-5-7-11/h3-7,10,12-13H,8-9H2,1-2H3. The van der Waals surface area contributed by atoms with Gasteiger partial charge in [0.2, 0.25) is 0 Å². The van der Waals surface area contributed by atoms with Crippen LogP contribution in [0.15, 0.2) is 30.3 Å². The van der Waals surface area contributed by atoms with Gasteiger partial charge in [0.05, 0.1) is 6.61 Å². The molecule has 1 atom stereocenters. The summed E-state index contributed by atoms with van der Waals surface area (Å²) in [5.41, 5.74) is 0.913. The minimum Gasteiger partial charge on any atom is -0.386 e. The van der Waals surface area contributed by atoms with Gasteiger partial charge in [0, 0.05) is 6.61 Å². The number of hydrogen-bond acceptors (Lipinski definition) is 2. The summed E-state index contributed by atoms with van der Waals surface area (Å²) in [6, 6.07) is 9.58. The Morgan fingerprint density at radius 2 is 1.79 bits per heavy atom. The maximum atomic E-state index is 9.71. The minimum atomic E-state index is -0.505. The van der Waals surface area contributed by atoms with Crippen LogP contribution in [0.5, 0.6) is 0 Å². The lowest BCUT2D eigenvalue weighted by atomic mass is 10.1. The zero-order chi connectivity index (χ0) is 10.4. The van der Waals surface area contributed by atoms with E-state index in [-0.39, 0.29) is 0 Å². The Morgan fingerprint density at radius 3 is 2.36 bits per heavy atom. The van der Waals surface area contributed by atoms with Gasteiger partial charge in [0.1, 0.15) is 6.10 Å². The number of aliphatic hydroxyl groups is 1. The van der Waals surface area contributed by atoms with Crippen molar-refractivity contribution in [2.75, 3.05) is 13.2 Å². The number of hydrogen-bond donors (Lipinski definition) is 1. The van der Waals surface area contributed by atoms with Crippen LogP contribution in [0.2, 0.25) is 0 Å². The lowest BCUT2D eigenvalue weighted by Gasteiger charge is -2.12. The molecule has 2 heteroatoms. The highest BCUT2D eigenvalue weighted by atomic mass is 16.5. The smallest absolute Gasteiger partial charge is 0.102 e. The highest BCUT2D eigenvalue weighted by Crippen LogP contribution is 2.12. The molecule has 0 fully saturated rings. The number of rotatable bonds is 5. The first kappa shape index (κ1) is 11.2. The molecule has 0 heterocycles. The fourth-order valence-corrected chi connectivity index (χ4v) is 1.19. The van der Waals surface area contributed by atoms with Gasteiger partial charge in [0.15, 0.2) is 0 Å². The third-order valence-electron chi connectivity index (χ3n) is 1.91. The van der Waals surface area contributed by atoms with Crippen LogP contribution in [0, 0.1) is 5.92 Å². The summed E-state index contributed by atoms with van der Waals surface area (Å²) in [6.45, 7) is 5.26. The largest absolute Gasteiger partial charge is 0.386 e. The van der Waals surface area contributed by atoms with Gasteiger partial charge in [-0.3, -0.25) is 0 Å². The van der Waals surface area contributed by atoms with E-state index < -0.39 is 6.10 Å². The molecule has 0 bridgehead atoms. The zero-order valence-corrected chi connectivity index (χ0v) is 8.81. The van der Waals surface area contributed by atoms with Crippen LogP contribution in [-0.2, 0) is 4.74 Å². The van der Waals surface area contributed by atoms with Crippen molar-refractivity contribution in [2.45, 2.75) is 20.0 Å². The van der Waals surface area contributed by atoms with Gasteiger partial charge >= 0.3 is 0 Å². The van der Waals surface area contributed by atoms with E-state index in [9.17, 15) is 5.11 Å². The molecule has 0 radical (unpaired) electrons. The molecule has 0 aliphatic carbocycles. The van der Waals surface area contributed by atoms with Crippen molar-refractivity contribution in [3.63, 3.8) is 0 Å². The molecule has 0 amide bonds. The first-order valence-electron chi connectivity index (χ1n) is 5.01. The molecule has 0 aliphatic heterocycles. The van der Waals surface area contributed by atoms with E-state index in [1.165, 1.54) is 0 Å². The molecule has 14 heavy (non-hydrogen) atoms. The number of benzene rings is 1. The molecule has 1 N–H and O–H groups in total. The van der Waals surface area contributed by atoms with E-state index in [1.807, 2.05) is 30.3 Å². The van der Waals surface area contributed by atoms with Crippen molar-refractivity contribution >= 4 is 0 Å². The highest BCUT2D eigenvalue weighted by Gasteiger charge is 2.06. The maximum absolute atomic E-state index is 9.71. The summed E-state index contributed by atoms with van der Waals surface area (Å²) in [7, 11) is 0. The van der Waals surface area contributed by atoms with Crippen molar-refractivity contribution in [3.8, 4) is 0 Å². The Hall–Kier alpha value is -0.860. The molecule has 0 aromatic heterocycles. The highest BCUT2D eigenvalue weighted by molar-refractivity contribution is 5.17. The number of aliphatic hydroxyl groups excluding tert-OH is 1. The molecule has 0 aliphatic rings. The van der Waals surface area contributed by atoms with Crippen LogP contribution in [0.25, 0.3) is 0 Å². The lowest BCUT2D eigenvalue weighted by molar-refractivity contribution is 0.0250. The van der Waals surface area contributed by atoms with E-state index >= 15 is 0 Å². The number of ether oxygens (including phenoxy) is 1. The third-order valence-corrected chi connectivity index (χ3v) is 1.91. The molecule has 2 nitrogen and oxygen atoms in total. The second kappa shape index (κ2) is 5.78. The molecule has 1 aromatic carbocycles. The van der Waals surface area contributed by atoms with E-state index in [1.54, 1.807) is 0 Å². The maximum Gasteiger partial charge on any atom is 0.102 e. The fourth-order valence-electron chi connectivity index (χ4n) is 1.19.